The van der Waals surface area contributed by atoms with Crippen molar-refractivity contribution in [1.29, 1.82) is 0 Å². The number of amidine groups is 1. The Kier molecular flexibility index (Phi) is 13.7. The molecule has 0 radical (unpaired) electrons. The number of carbonyl (C=O) groups excluding carboxylic acids is 1. The van der Waals surface area contributed by atoms with Crippen LogP contribution in [-0.4, -0.2) is 78.1 Å². The molecule has 2 aromatic carbocycles. The van der Waals surface area contributed by atoms with E-state index in [-0.39, 0.29) is 23.6 Å². The zero-order valence-corrected chi connectivity index (χ0v) is 28.9. The van der Waals surface area contributed by atoms with Gasteiger partial charge in [0, 0.05) is 36.7 Å². The van der Waals surface area contributed by atoms with Crippen LogP contribution in [0.2, 0.25) is 0 Å². The van der Waals surface area contributed by atoms with Crippen LogP contribution >= 0.6 is 0 Å². The third-order valence-electron chi connectivity index (χ3n) is 9.21. The number of aromatic hydroxyl groups is 1. The van der Waals surface area contributed by atoms with Gasteiger partial charge in [-0.05, 0) is 120 Å². The third kappa shape index (κ3) is 10.2. The van der Waals surface area contributed by atoms with Crippen LogP contribution in [0.5, 0.6) is 5.75 Å². The maximum atomic E-state index is 11.5. The highest BCUT2D eigenvalue weighted by molar-refractivity contribution is 6.08. The molecule has 1 unspecified atom stereocenters. The Morgan fingerprint density at radius 3 is 2.47 bits per heavy atom. The highest BCUT2D eigenvalue weighted by atomic mass is 16.5. The molecular formula is C38H57N3O4. The van der Waals surface area contributed by atoms with Gasteiger partial charge in [-0.2, -0.15) is 4.99 Å². The molecule has 7 nitrogen and oxygen atoms in total. The molecule has 1 atom stereocenters. The van der Waals surface area contributed by atoms with Crippen LogP contribution in [0.25, 0.3) is 10.8 Å². The number of fused-ring (bicyclic) bond motifs is 1. The van der Waals surface area contributed by atoms with Gasteiger partial charge in [0.15, 0.2) is 5.78 Å². The van der Waals surface area contributed by atoms with Gasteiger partial charge in [-0.1, -0.05) is 50.5 Å². The zero-order valence-electron chi connectivity index (χ0n) is 28.9. The predicted molar refractivity (Wildman–Crippen MR) is 187 cm³/mol. The Bertz CT molecular complexity index is 1370. The first kappa shape index (κ1) is 36.3. The second-order valence-electron chi connectivity index (χ2n) is 13.3. The lowest BCUT2D eigenvalue weighted by atomic mass is 9.97. The van der Waals surface area contributed by atoms with E-state index in [1.807, 2.05) is 25.1 Å². The highest BCUT2D eigenvalue weighted by Gasteiger charge is 2.44. The van der Waals surface area contributed by atoms with E-state index in [2.05, 4.69) is 51.2 Å². The Hall–Kier alpha value is -3.16. The molecule has 2 aliphatic rings. The number of nitrogens with zero attached hydrogens (tertiary/aromatic N) is 3. The quantitative estimate of drug-likeness (QED) is 0.108. The maximum Gasteiger partial charge on any atom is 0.207 e. The molecule has 2 N–H and O–H groups in total. The summed E-state index contributed by atoms with van der Waals surface area (Å²) in [6.07, 6.45) is 9.93. The lowest BCUT2D eigenvalue weighted by Crippen LogP contribution is -2.42. The van der Waals surface area contributed by atoms with Crippen molar-refractivity contribution < 1.29 is 19.7 Å². The van der Waals surface area contributed by atoms with Crippen LogP contribution < -0.4 is 0 Å². The molecule has 0 spiro atoms. The van der Waals surface area contributed by atoms with E-state index < -0.39 is 0 Å². The van der Waals surface area contributed by atoms with Crippen molar-refractivity contribution in [3.8, 4) is 5.75 Å². The second-order valence-corrected chi connectivity index (χ2v) is 13.3. The summed E-state index contributed by atoms with van der Waals surface area (Å²) in [6, 6.07) is 9.31. The van der Waals surface area contributed by atoms with E-state index in [1.54, 1.807) is 6.07 Å². The van der Waals surface area contributed by atoms with E-state index in [1.165, 1.54) is 56.2 Å². The first-order valence-corrected chi connectivity index (χ1v) is 16.8. The van der Waals surface area contributed by atoms with Gasteiger partial charge >= 0.3 is 0 Å². The fraction of sp³-hybridized carbons (Fsp3) is 0.579. The Morgan fingerprint density at radius 2 is 1.87 bits per heavy atom. The zero-order chi connectivity index (χ0) is 33.1. The Morgan fingerprint density at radius 1 is 1.13 bits per heavy atom. The Labute approximate surface area is 271 Å². The number of aliphatic imine (C=N–C) groups is 1. The minimum absolute atomic E-state index is 0.0230. The van der Waals surface area contributed by atoms with Gasteiger partial charge in [0.05, 0.1) is 6.61 Å². The number of phenols is 1. The molecule has 1 aliphatic carbocycles. The van der Waals surface area contributed by atoms with Crippen LogP contribution in [-0.2, 0) is 4.74 Å². The molecule has 0 amide bonds. The van der Waals surface area contributed by atoms with Crippen LogP contribution in [0, 0.1) is 12.3 Å². The molecule has 248 valence electrons. The summed E-state index contributed by atoms with van der Waals surface area (Å²) in [5, 5.41) is 21.0. The summed E-state index contributed by atoms with van der Waals surface area (Å²) >= 11 is 0. The summed E-state index contributed by atoms with van der Waals surface area (Å²) in [5.74, 6) is 1.67. The fourth-order valence-corrected chi connectivity index (χ4v) is 6.53. The van der Waals surface area contributed by atoms with Gasteiger partial charge in [-0.15, -0.1) is 0 Å². The number of ether oxygens (including phenoxy) is 1. The van der Waals surface area contributed by atoms with E-state index in [4.69, 9.17) is 9.73 Å². The summed E-state index contributed by atoms with van der Waals surface area (Å²) < 4.78 is 6.12. The Balaban J connectivity index is 0.000000305. The number of aryl methyl sites for hydroxylation is 1. The standard InChI is InChI=1S/C25H45N3O2.C13H12O2/c1-7-20(3)23(8-2)24(28-16-11-9-10-12-22(28)13-17-29)26-21(4)30-19-25(14-15-25)18-27(5)6;1-8-4-3-5-10-6-11(15)7-12(9(2)14)13(8)10/h22,29H,4,7-19H2,1-3,5-6H3;3-7,15H,1-2H3/b23-20+,26-24+;. The van der Waals surface area contributed by atoms with E-state index >= 15 is 0 Å². The molecule has 0 bridgehead atoms. The monoisotopic (exact) mass is 619 g/mol. The number of Topliss-reactive ketones (excluding diaryl/α,β-unsaturated/α-hetero) is 1. The minimum Gasteiger partial charge on any atom is -0.508 e. The highest BCUT2D eigenvalue weighted by Crippen LogP contribution is 2.46. The van der Waals surface area contributed by atoms with E-state index in [0.29, 0.717) is 24.1 Å². The second kappa shape index (κ2) is 17.0. The number of phenolic OH excluding ortho intramolecular Hbond substituents is 1. The third-order valence-corrected chi connectivity index (χ3v) is 9.21. The van der Waals surface area contributed by atoms with Crippen LogP contribution in [0.15, 0.2) is 58.9 Å². The minimum atomic E-state index is -0.0230. The molecule has 1 saturated heterocycles. The molecule has 45 heavy (non-hydrogen) atoms. The molecule has 1 saturated carbocycles. The van der Waals surface area contributed by atoms with Crippen LogP contribution in [0.1, 0.15) is 101 Å². The lowest BCUT2D eigenvalue weighted by molar-refractivity contribution is 0.101. The molecule has 2 fully saturated rings. The number of aliphatic hydroxyl groups excluding tert-OH is 1. The first-order valence-electron chi connectivity index (χ1n) is 16.8. The summed E-state index contributed by atoms with van der Waals surface area (Å²) in [7, 11) is 4.25. The predicted octanol–water partition coefficient (Wildman–Crippen LogP) is 8.03. The van der Waals surface area contributed by atoms with Gasteiger partial charge < -0.3 is 24.7 Å². The van der Waals surface area contributed by atoms with Crippen LogP contribution in [0.3, 0.4) is 0 Å². The number of carbonyl (C=O) groups is 1. The van der Waals surface area contributed by atoms with E-state index in [0.717, 1.165) is 60.9 Å². The van der Waals surface area contributed by atoms with Crippen molar-refractivity contribution in [3.05, 3.63) is 65.1 Å². The molecule has 4 rings (SSSR count). The van der Waals surface area contributed by atoms with Crippen molar-refractivity contribution >= 4 is 22.4 Å². The van der Waals surface area contributed by atoms with Gasteiger partial charge in [0.2, 0.25) is 5.88 Å². The molecular weight excluding hydrogens is 562 g/mol. The molecule has 7 heteroatoms. The molecule has 0 aromatic heterocycles. The first-order chi connectivity index (χ1) is 21.4. The van der Waals surface area contributed by atoms with Gasteiger partial charge in [0.1, 0.15) is 11.6 Å². The number of likely N-dealkylation sites (tertiary alicyclic amines) is 1. The average Bonchev–Trinajstić information content (AvgIpc) is 3.79. The fourth-order valence-electron chi connectivity index (χ4n) is 6.53. The van der Waals surface area contributed by atoms with Crippen LogP contribution in [0.4, 0.5) is 0 Å². The number of hydrogen-bond acceptors (Lipinski definition) is 6. The van der Waals surface area contributed by atoms with Gasteiger partial charge in [-0.25, -0.2) is 0 Å². The maximum absolute atomic E-state index is 11.5. The topological polar surface area (TPSA) is 85.6 Å². The summed E-state index contributed by atoms with van der Waals surface area (Å²) in [5.41, 5.74) is 4.59. The van der Waals surface area contributed by atoms with Crippen molar-refractivity contribution in [2.75, 3.05) is 40.4 Å². The van der Waals surface area contributed by atoms with Crippen molar-refractivity contribution in [1.82, 2.24) is 9.80 Å². The van der Waals surface area contributed by atoms with Gasteiger partial charge in [0.25, 0.3) is 0 Å². The van der Waals surface area contributed by atoms with Crippen molar-refractivity contribution in [2.45, 2.75) is 98.4 Å². The number of benzene rings is 2. The number of rotatable bonds is 12. The number of ketones is 1. The van der Waals surface area contributed by atoms with Gasteiger partial charge in [-0.3, -0.25) is 4.79 Å². The largest absolute Gasteiger partial charge is 0.508 e. The molecule has 2 aromatic rings. The number of aliphatic hydroxyl groups is 1. The lowest BCUT2D eigenvalue weighted by Gasteiger charge is -2.34. The van der Waals surface area contributed by atoms with Crippen molar-refractivity contribution in [2.24, 2.45) is 10.4 Å². The summed E-state index contributed by atoms with van der Waals surface area (Å²) in [4.78, 5) is 21.1. The average molecular weight is 620 g/mol. The van der Waals surface area contributed by atoms with E-state index in [9.17, 15) is 15.0 Å². The number of allylic oxidation sites excluding steroid dienone is 1. The molecule has 1 aliphatic heterocycles. The summed E-state index contributed by atoms with van der Waals surface area (Å²) in [6.45, 7) is 17.2. The van der Waals surface area contributed by atoms with Crippen molar-refractivity contribution in [3.63, 3.8) is 0 Å². The SMILES string of the molecule is C=C(/N=C(\C(CC)=C(/C)CC)N1CCCCCC1CCO)OCC1(CN(C)C)CC1.CC(=O)c1cc(O)cc2cccc(C)c12. The smallest absolute Gasteiger partial charge is 0.207 e. The molecule has 1 heterocycles. The number of hydrogen-bond donors (Lipinski definition) is 2. The normalized spacial score (nSPS) is 18.6.